The Balaban J connectivity index is 1.38. The average Bonchev–Trinajstić information content (AvgIpc) is 3.38. The van der Waals surface area contributed by atoms with Gasteiger partial charge in [0.15, 0.2) is 0 Å². The van der Waals surface area contributed by atoms with Crippen molar-refractivity contribution in [2.75, 3.05) is 18.4 Å². The van der Waals surface area contributed by atoms with Crippen LogP contribution in [-0.4, -0.2) is 43.2 Å². The minimum Gasteiger partial charge on any atom is -0.310 e. The summed E-state index contributed by atoms with van der Waals surface area (Å²) in [5, 5.41) is 7.54. The second-order valence-electron chi connectivity index (χ2n) is 8.93. The number of likely N-dealkylation sites (tertiary alicyclic amines) is 1. The van der Waals surface area contributed by atoms with Gasteiger partial charge in [-0.05, 0) is 37.1 Å². The zero-order valence-electron chi connectivity index (χ0n) is 18.0. The topological polar surface area (TPSA) is 68.0 Å². The van der Waals surface area contributed by atoms with Crippen LogP contribution in [0.2, 0.25) is 0 Å². The molecule has 0 aliphatic carbocycles. The van der Waals surface area contributed by atoms with Crippen molar-refractivity contribution >= 4 is 11.7 Å². The maximum Gasteiger partial charge on any atom is 0.230 e. The number of carbonyl (C=O) groups excluding carboxylic acids is 1. The van der Waals surface area contributed by atoms with Gasteiger partial charge < -0.3 is 9.88 Å². The van der Waals surface area contributed by atoms with Gasteiger partial charge in [-0.1, -0.05) is 26.8 Å². The normalized spacial score (nSPS) is 16.0. The highest BCUT2D eigenvalue weighted by atomic mass is 16.2. The van der Waals surface area contributed by atoms with Crippen molar-refractivity contribution in [2.45, 2.75) is 46.2 Å². The van der Waals surface area contributed by atoms with Crippen molar-refractivity contribution in [3.8, 4) is 5.82 Å². The first-order valence-electron chi connectivity index (χ1n) is 10.6. The highest BCUT2D eigenvalue weighted by Crippen LogP contribution is 2.27. The molecule has 0 bridgehead atoms. The molecule has 4 rings (SSSR count). The molecule has 158 valence electrons. The first-order chi connectivity index (χ1) is 14.4. The molecule has 0 unspecified atom stereocenters. The van der Waals surface area contributed by atoms with Crippen LogP contribution in [0.3, 0.4) is 0 Å². The van der Waals surface area contributed by atoms with Crippen molar-refractivity contribution in [1.29, 1.82) is 0 Å². The Kier molecular flexibility index (Phi) is 5.72. The highest BCUT2D eigenvalue weighted by molar-refractivity contribution is 5.93. The van der Waals surface area contributed by atoms with E-state index in [0.717, 1.165) is 44.1 Å². The van der Waals surface area contributed by atoms with Crippen LogP contribution in [-0.2, 0) is 11.3 Å². The van der Waals surface area contributed by atoms with Crippen LogP contribution in [0, 0.1) is 5.41 Å². The van der Waals surface area contributed by atoms with E-state index < -0.39 is 5.41 Å². The maximum absolute atomic E-state index is 12.4. The Labute approximate surface area is 177 Å². The van der Waals surface area contributed by atoms with Gasteiger partial charge in [-0.2, -0.15) is 5.10 Å². The minimum absolute atomic E-state index is 0.0111. The van der Waals surface area contributed by atoms with Gasteiger partial charge in [0, 0.05) is 49.2 Å². The lowest BCUT2D eigenvalue weighted by molar-refractivity contribution is -0.123. The Bertz CT molecular complexity index is 977. The van der Waals surface area contributed by atoms with Crippen LogP contribution in [0.1, 0.15) is 45.3 Å². The summed E-state index contributed by atoms with van der Waals surface area (Å²) >= 11 is 0. The summed E-state index contributed by atoms with van der Waals surface area (Å²) in [5.74, 6) is 1.75. The standard InChI is InChI=1S/C23H30N6O/c1-23(2,3)22(30)26-21-9-13-25-29(21)18-10-15-27(16-11-18)17-19-7-6-14-28(19)20-8-4-5-12-24-20/h4-9,12-14,18H,10-11,15-17H2,1-3H3,(H,26,30). The van der Waals surface area contributed by atoms with Crippen LogP contribution in [0.4, 0.5) is 5.82 Å². The molecular weight excluding hydrogens is 376 g/mol. The zero-order valence-corrected chi connectivity index (χ0v) is 18.0. The molecule has 7 nitrogen and oxygen atoms in total. The van der Waals surface area contributed by atoms with Crippen molar-refractivity contribution in [2.24, 2.45) is 5.41 Å². The number of hydrogen-bond acceptors (Lipinski definition) is 4. The molecule has 1 fully saturated rings. The van der Waals surface area contributed by atoms with Crippen LogP contribution in [0.5, 0.6) is 0 Å². The molecule has 4 heterocycles. The molecular formula is C23H30N6O. The van der Waals surface area contributed by atoms with E-state index in [4.69, 9.17) is 0 Å². The molecule has 3 aromatic rings. The number of nitrogens with zero attached hydrogens (tertiary/aromatic N) is 5. The predicted octanol–water partition coefficient (Wildman–Crippen LogP) is 3.89. The third-order valence-electron chi connectivity index (χ3n) is 5.61. The number of hydrogen-bond donors (Lipinski definition) is 1. The van der Waals surface area contributed by atoms with Gasteiger partial charge >= 0.3 is 0 Å². The SMILES string of the molecule is CC(C)(C)C(=O)Nc1ccnn1C1CCN(Cc2cccn2-c2ccccn2)CC1. The zero-order chi connectivity index (χ0) is 21.1. The Morgan fingerprint density at radius 2 is 1.90 bits per heavy atom. The summed E-state index contributed by atoms with van der Waals surface area (Å²) in [6.07, 6.45) is 7.67. The Hall–Kier alpha value is -2.93. The molecule has 1 N–H and O–H groups in total. The molecule has 0 aromatic carbocycles. The van der Waals surface area contributed by atoms with E-state index in [1.165, 1.54) is 5.69 Å². The fourth-order valence-electron chi connectivity index (χ4n) is 3.82. The lowest BCUT2D eigenvalue weighted by Gasteiger charge is -2.33. The van der Waals surface area contributed by atoms with Crippen molar-refractivity contribution < 1.29 is 4.79 Å². The van der Waals surface area contributed by atoms with Gasteiger partial charge in [0.25, 0.3) is 0 Å². The van der Waals surface area contributed by atoms with Crippen LogP contribution in [0.25, 0.3) is 5.82 Å². The molecule has 3 aromatic heterocycles. The van der Waals surface area contributed by atoms with Gasteiger partial charge in [0.2, 0.25) is 5.91 Å². The molecule has 1 aliphatic rings. The average molecular weight is 407 g/mol. The number of anilines is 1. The number of piperidine rings is 1. The van der Waals surface area contributed by atoms with Crippen LogP contribution >= 0.6 is 0 Å². The lowest BCUT2D eigenvalue weighted by atomic mass is 9.96. The summed E-state index contributed by atoms with van der Waals surface area (Å²) in [7, 11) is 0. The Morgan fingerprint density at radius 3 is 2.60 bits per heavy atom. The van der Waals surface area contributed by atoms with E-state index in [0.29, 0.717) is 6.04 Å². The number of amides is 1. The monoisotopic (exact) mass is 406 g/mol. The molecule has 1 amide bonds. The molecule has 0 saturated carbocycles. The van der Waals surface area contributed by atoms with Crippen molar-refractivity contribution in [3.63, 3.8) is 0 Å². The molecule has 7 heteroatoms. The largest absolute Gasteiger partial charge is 0.310 e. The van der Waals surface area contributed by atoms with Crippen LogP contribution in [0.15, 0.2) is 55.0 Å². The fourth-order valence-corrected chi connectivity index (χ4v) is 3.82. The van der Waals surface area contributed by atoms with E-state index in [1.807, 2.05) is 55.9 Å². The van der Waals surface area contributed by atoms with Crippen molar-refractivity contribution in [3.05, 3.63) is 60.7 Å². The predicted molar refractivity (Wildman–Crippen MR) is 117 cm³/mol. The number of rotatable bonds is 5. The number of pyridine rings is 1. The van der Waals surface area contributed by atoms with Gasteiger partial charge in [-0.3, -0.25) is 9.69 Å². The second kappa shape index (κ2) is 8.44. The lowest BCUT2D eigenvalue weighted by Crippen LogP contribution is -2.36. The second-order valence-corrected chi connectivity index (χ2v) is 8.93. The smallest absolute Gasteiger partial charge is 0.230 e. The summed E-state index contributed by atoms with van der Waals surface area (Å²) in [5.41, 5.74) is 0.811. The summed E-state index contributed by atoms with van der Waals surface area (Å²) in [4.78, 5) is 19.3. The highest BCUT2D eigenvalue weighted by Gasteiger charge is 2.26. The van der Waals surface area contributed by atoms with E-state index in [9.17, 15) is 4.79 Å². The quantitative estimate of drug-likeness (QED) is 0.698. The van der Waals surface area contributed by atoms with Gasteiger partial charge in [0.1, 0.15) is 11.6 Å². The van der Waals surface area contributed by atoms with Crippen molar-refractivity contribution in [1.82, 2.24) is 24.2 Å². The fraction of sp³-hybridized carbons (Fsp3) is 0.435. The molecule has 30 heavy (non-hydrogen) atoms. The van der Waals surface area contributed by atoms with Gasteiger partial charge in [-0.15, -0.1) is 0 Å². The number of nitrogens with one attached hydrogen (secondary N) is 1. The summed E-state index contributed by atoms with van der Waals surface area (Å²) < 4.78 is 4.14. The number of carbonyl (C=O) groups is 1. The third-order valence-corrected chi connectivity index (χ3v) is 5.61. The first kappa shape index (κ1) is 20.3. The van der Waals surface area contributed by atoms with E-state index in [-0.39, 0.29) is 5.91 Å². The first-order valence-corrected chi connectivity index (χ1v) is 10.6. The molecule has 0 radical (unpaired) electrons. The molecule has 1 saturated heterocycles. The minimum atomic E-state index is -0.430. The van der Waals surface area contributed by atoms with Gasteiger partial charge in [0.05, 0.1) is 12.2 Å². The van der Waals surface area contributed by atoms with E-state index in [1.54, 1.807) is 6.20 Å². The third kappa shape index (κ3) is 4.46. The van der Waals surface area contributed by atoms with E-state index in [2.05, 4.69) is 43.2 Å². The summed E-state index contributed by atoms with van der Waals surface area (Å²) in [6, 6.07) is 12.4. The molecule has 0 spiro atoms. The maximum atomic E-state index is 12.4. The molecule has 0 atom stereocenters. The van der Waals surface area contributed by atoms with Crippen LogP contribution < -0.4 is 5.32 Å². The Morgan fingerprint density at radius 1 is 1.10 bits per heavy atom. The number of aromatic nitrogens is 4. The van der Waals surface area contributed by atoms with Gasteiger partial charge in [-0.25, -0.2) is 9.67 Å². The summed E-state index contributed by atoms with van der Waals surface area (Å²) in [6.45, 7) is 8.63. The molecule has 1 aliphatic heterocycles. The van der Waals surface area contributed by atoms with E-state index >= 15 is 0 Å².